The number of carbonyl (C=O) groups excluding carboxylic acids is 2. The number of aryl methyl sites for hydroxylation is 2. The Morgan fingerprint density at radius 1 is 1.30 bits per heavy atom. The van der Waals surface area contributed by atoms with Crippen LogP contribution in [0.4, 0.5) is 0 Å². The molecule has 2 aromatic rings. The molecule has 0 unspecified atom stereocenters. The van der Waals surface area contributed by atoms with Crippen LogP contribution in [0, 0.1) is 19.8 Å². The summed E-state index contributed by atoms with van der Waals surface area (Å²) in [4.78, 5) is 26.0. The SMILES string of the molecule is Cc1noc(C)c1S(=O)(=O)N1CCC(C(=O)OCC(=O)N(C)Cc2ccco2)CC1. The number of ether oxygens (including phenoxy) is 1. The number of amides is 1. The van der Waals surface area contributed by atoms with Gasteiger partial charge >= 0.3 is 5.97 Å². The van der Waals surface area contributed by atoms with Crippen molar-refractivity contribution < 1.29 is 31.7 Å². The predicted octanol–water partition coefficient (Wildman–Crippen LogP) is 1.49. The van der Waals surface area contributed by atoms with E-state index in [2.05, 4.69) is 5.16 Å². The first-order valence-corrected chi connectivity index (χ1v) is 11.0. The van der Waals surface area contributed by atoms with Gasteiger partial charge in [-0.3, -0.25) is 9.59 Å². The summed E-state index contributed by atoms with van der Waals surface area (Å²) in [5.41, 5.74) is 0.311. The van der Waals surface area contributed by atoms with Gasteiger partial charge in [-0.2, -0.15) is 4.31 Å². The number of hydrogen-bond acceptors (Lipinski definition) is 8. The van der Waals surface area contributed by atoms with E-state index in [-0.39, 0.29) is 42.8 Å². The predicted molar refractivity (Wildman–Crippen MR) is 104 cm³/mol. The van der Waals surface area contributed by atoms with Gasteiger partial charge in [0.05, 0.1) is 18.7 Å². The van der Waals surface area contributed by atoms with Crippen LogP contribution in [0.3, 0.4) is 0 Å². The van der Waals surface area contributed by atoms with E-state index in [1.54, 1.807) is 33.0 Å². The second kappa shape index (κ2) is 9.00. The van der Waals surface area contributed by atoms with Gasteiger partial charge in [-0.05, 0) is 38.8 Å². The van der Waals surface area contributed by atoms with Gasteiger partial charge in [0.15, 0.2) is 12.4 Å². The maximum atomic E-state index is 12.8. The van der Waals surface area contributed by atoms with Gasteiger partial charge in [-0.25, -0.2) is 8.42 Å². The molecule has 164 valence electrons. The molecule has 10 nitrogen and oxygen atoms in total. The molecule has 1 saturated heterocycles. The third kappa shape index (κ3) is 4.73. The molecule has 0 bridgehead atoms. The fourth-order valence-electron chi connectivity index (χ4n) is 3.39. The van der Waals surface area contributed by atoms with Crippen molar-refractivity contribution >= 4 is 21.9 Å². The van der Waals surface area contributed by atoms with Crippen LogP contribution >= 0.6 is 0 Å². The molecule has 0 atom stereocenters. The minimum absolute atomic E-state index is 0.0775. The summed E-state index contributed by atoms with van der Waals surface area (Å²) in [7, 11) is -2.14. The zero-order valence-electron chi connectivity index (χ0n) is 17.2. The van der Waals surface area contributed by atoms with E-state index in [1.807, 2.05) is 0 Å². The van der Waals surface area contributed by atoms with Crippen LogP contribution in [-0.4, -0.2) is 61.4 Å². The smallest absolute Gasteiger partial charge is 0.309 e. The fraction of sp³-hybridized carbons (Fsp3) is 0.526. The lowest BCUT2D eigenvalue weighted by molar-refractivity contribution is -0.156. The molecule has 1 fully saturated rings. The summed E-state index contributed by atoms with van der Waals surface area (Å²) in [5, 5.41) is 3.70. The third-order valence-corrected chi connectivity index (χ3v) is 7.23. The van der Waals surface area contributed by atoms with Crippen LogP contribution in [0.2, 0.25) is 0 Å². The molecule has 0 radical (unpaired) electrons. The number of piperidine rings is 1. The van der Waals surface area contributed by atoms with Crippen molar-refractivity contribution in [2.45, 2.75) is 38.1 Å². The van der Waals surface area contributed by atoms with E-state index in [0.717, 1.165) is 0 Å². The third-order valence-electron chi connectivity index (χ3n) is 5.09. The molecule has 0 aromatic carbocycles. The van der Waals surface area contributed by atoms with E-state index in [0.29, 0.717) is 24.3 Å². The zero-order chi connectivity index (χ0) is 21.9. The van der Waals surface area contributed by atoms with Gasteiger partial charge in [0, 0.05) is 20.1 Å². The molecule has 3 rings (SSSR count). The quantitative estimate of drug-likeness (QED) is 0.595. The minimum atomic E-state index is -3.74. The molecule has 0 aliphatic carbocycles. The highest BCUT2D eigenvalue weighted by Gasteiger charge is 2.36. The van der Waals surface area contributed by atoms with Crippen LogP contribution < -0.4 is 0 Å². The first-order chi connectivity index (χ1) is 14.2. The number of esters is 1. The second-order valence-corrected chi connectivity index (χ2v) is 9.14. The number of furan rings is 1. The Balaban J connectivity index is 1.49. The van der Waals surface area contributed by atoms with Crippen molar-refractivity contribution in [2.75, 3.05) is 26.7 Å². The number of sulfonamides is 1. The average Bonchev–Trinajstić information content (AvgIpc) is 3.35. The number of likely N-dealkylation sites (N-methyl/N-ethyl adjacent to an activating group) is 1. The highest BCUT2D eigenvalue weighted by molar-refractivity contribution is 7.89. The highest BCUT2D eigenvalue weighted by Crippen LogP contribution is 2.28. The van der Waals surface area contributed by atoms with Gasteiger partial charge < -0.3 is 18.6 Å². The van der Waals surface area contributed by atoms with Gasteiger partial charge in [0.25, 0.3) is 5.91 Å². The fourth-order valence-corrected chi connectivity index (χ4v) is 5.15. The van der Waals surface area contributed by atoms with Crippen LogP contribution in [0.25, 0.3) is 0 Å². The Hall–Kier alpha value is -2.66. The molecule has 0 N–H and O–H groups in total. The van der Waals surface area contributed by atoms with Crippen molar-refractivity contribution in [2.24, 2.45) is 5.92 Å². The van der Waals surface area contributed by atoms with Crippen molar-refractivity contribution in [1.82, 2.24) is 14.4 Å². The lowest BCUT2D eigenvalue weighted by atomic mass is 9.98. The van der Waals surface area contributed by atoms with E-state index >= 15 is 0 Å². The number of nitrogens with zero attached hydrogens (tertiary/aromatic N) is 3. The lowest BCUT2D eigenvalue weighted by Crippen LogP contribution is -2.41. The van der Waals surface area contributed by atoms with E-state index in [1.165, 1.54) is 15.5 Å². The van der Waals surface area contributed by atoms with Gasteiger partial charge in [0.2, 0.25) is 10.0 Å². The minimum Gasteiger partial charge on any atom is -0.467 e. The summed E-state index contributed by atoms with van der Waals surface area (Å²) in [6.45, 7) is 3.40. The van der Waals surface area contributed by atoms with E-state index in [4.69, 9.17) is 13.7 Å². The largest absolute Gasteiger partial charge is 0.467 e. The highest BCUT2D eigenvalue weighted by atomic mass is 32.2. The zero-order valence-corrected chi connectivity index (χ0v) is 18.0. The lowest BCUT2D eigenvalue weighted by Gasteiger charge is -2.30. The summed E-state index contributed by atoms with van der Waals surface area (Å²) >= 11 is 0. The number of carbonyl (C=O) groups is 2. The van der Waals surface area contributed by atoms with E-state index in [9.17, 15) is 18.0 Å². The van der Waals surface area contributed by atoms with Crippen LogP contribution in [-0.2, 0) is 30.9 Å². The monoisotopic (exact) mass is 439 g/mol. The summed E-state index contributed by atoms with van der Waals surface area (Å²) in [5.74, 6) is -0.429. The van der Waals surface area contributed by atoms with Crippen molar-refractivity contribution in [3.05, 3.63) is 35.6 Å². The Kier molecular flexibility index (Phi) is 6.61. The molecule has 3 heterocycles. The Morgan fingerprint density at radius 2 is 2.00 bits per heavy atom. The molecule has 0 spiro atoms. The maximum Gasteiger partial charge on any atom is 0.309 e. The Morgan fingerprint density at radius 3 is 2.57 bits per heavy atom. The standard InChI is InChI=1S/C19H25N3O7S/c1-13-18(14(2)29-20-13)30(25,26)22-8-6-15(7-9-22)19(24)28-12-17(23)21(3)11-16-5-4-10-27-16/h4-5,10,15H,6-9,11-12H2,1-3H3. The van der Waals surface area contributed by atoms with Crippen LogP contribution in [0.5, 0.6) is 0 Å². The summed E-state index contributed by atoms with van der Waals surface area (Å²) in [6.07, 6.45) is 2.15. The van der Waals surface area contributed by atoms with Gasteiger partial charge in [0.1, 0.15) is 16.3 Å². The molecule has 1 aliphatic rings. The first-order valence-electron chi connectivity index (χ1n) is 9.56. The first kappa shape index (κ1) is 22.0. The maximum absolute atomic E-state index is 12.8. The van der Waals surface area contributed by atoms with E-state index < -0.39 is 21.9 Å². The normalized spacial score (nSPS) is 15.8. The number of hydrogen-bond donors (Lipinski definition) is 0. The molecule has 0 saturated carbocycles. The van der Waals surface area contributed by atoms with Gasteiger partial charge in [-0.15, -0.1) is 0 Å². The molecule has 1 amide bonds. The molecule has 2 aromatic heterocycles. The topological polar surface area (TPSA) is 123 Å². The second-order valence-electron chi connectivity index (χ2n) is 7.27. The number of aromatic nitrogens is 1. The molecular formula is C19H25N3O7S. The van der Waals surface area contributed by atoms with Crippen LogP contribution in [0.15, 0.2) is 32.2 Å². The van der Waals surface area contributed by atoms with Crippen molar-refractivity contribution in [1.29, 1.82) is 0 Å². The van der Waals surface area contributed by atoms with Crippen molar-refractivity contribution in [3.8, 4) is 0 Å². The van der Waals surface area contributed by atoms with Crippen LogP contribution in [0.1, 0.15) is 30.1 Å². The summed E-state index contributed by atoms with van der Waals surface area (Å²) in [6, 6.07) is 3.48. The molecular weight excluding hydrogens is 414 g/mol. The molecule has 11 heteroatoms. The average molecular weight is 439 g/mol. The Labute approximate surface area is 174 Å². The molecule has 1 aliphatic heterocycles. The molecule has 30 heavy (non-hydrogen) atoms. The number of rotatable bonds is 7. The summed E-state index contributed by atoms with van der Waals surface area (Å²) < 4.78 is 42.3. The Bertz CT molecular complexity index is 970. The van der Waals surface area contributed by atoms with Gasteiger partial charge in [-0.1, -0.05) is 5.16 Å². The van der Waals surface area contributed by atoms with Crippen molar-refractivity contribution in [3.63, 3.8) is 0 Å².